The second-order valence-corrected chi connectivity index (χ2v) is 4.75. The van der Waals surface area contributed by atoms with Crippen molar-refractivity contribution >= 4 is 29.3 Å². The van der Waals surface area contributed by atoms with Gasteiger partial charge in [0.2, 0.25) is 0 Å². The third-order valence-corrected chi connectivity index (χ3v) is 2.77. The Bertz CT molecular complexity index is 445. The fourth-order valence-electron chi connectivity index (χ4n) is 1.33. The van der Waals surface area contributed by atoms with Gasteiger partial charge in [0, 0.05) is 24.2 Å². The molecule has 0 aliphatic carbocycles. The van der Waals surface area contributed by atoms with Gasteiger partial charge in [0.25, 0.3) is 0 Å². The maximum absolute atomic E-state index is 10.3. The number of primary amides is 1. The number of ether oxygens (including phenoxy) is 2. The van der Waals surface area contributed by atoms with Crippen LogP contribution in [0.5, 0.6) is 5.75 Å². The summed E-state index contributed by atoms with van der Waals surface area (Å²) < 4.78 is 9.88. The number of halogens is 2. The van der Waals surface area contributed by atoms with E-state index in [2.05, 4.69) is 10.1 Å². The largest absolute Gasteiger partial charge is 0.489 e. The molecule has 1 unspecified atom stereocenters. The predicted molar refractivity (Wildman–Crippen MR) is 76.4 cm³/mol. The number of amides is 1. The van der Waals surface area contributed by atoms with Crippen molar-refractivity contribution in [1.29, 1.82) is 0 Å². The lowest BCUT2D eigenvalue weighted by Gasteiger charge is -2.14. The number of hydrogen-bond acceptors (Lipinski definition) is 5. The van der Waals surface area contributed by atoms with Gasteiger partial charge in [-0.2, -0.15) is 0 Å². The molecule has 1 aromatic carbocycles. The van der Waals surface area contributed by atoms with Gasteiger partial charge < -0.3 is 25.6 Å². The lowest BCUT2D eigenvalue weighted by molar-refractivity contribution is 0.104. The van der Waals surface area contributed by atoms with E-state index in [1.54, 1.807) is 18.2 Å². The van der Waals surface area contributed by atoms with Crippen LogP contribution in [0.3, 0.4) is 0 Å². The molecule has 0 bridgehead atoms. The number of carbonyl (C=O) groups is 1. The van der Waals surface area contributed by atoms with Crippen LogP contribution >= 0.6 is 23.2 Å². The summed E-state index contributed by atoms with van der Waals surface area (Å²) in [6.07, 6.45) is -1.56. The van der Waals surface area contributed by atoms with Gasteiger partial charge in [-0.05, 0) is 12.1 Å². The molecular weight excluding hydrogens is 307 g/mol. The van der Waals surface area contributed by atoms with Crippen LogP contribution in [0.15, 0.2) is 18.2 Å². The first-order valence-electron chi connectivity index (χ1n) is 5.88. The van der Waals surface area contributed by atoms with E-state index in [9.17, 15) is 9.90 Å². The zero-order chi connectivity index (χ0) is 15.0. The minimum absolute atomic E-state index is 0.0593. The molecule has 20 heavy (non-hydrogen) atoms. The first-order valence-corrected chi connectivity index (χ1v) is 6.63. The van der Waals surface area contributed by atoms with Crippen LogP contribution in [0.4, 0.5) is 4.79 Å². The van der Waals surface area contributed by atoms with Crippen molar-refractivity contribution in [2.75, 3.05) is 26.3 Å². The van der Waals surface area contributed by atoms with Crippen LogP contribution in [-0.2, 0) is 4.74 Å². The summed E-state index contributed by atoms with van der Waals surface area (Å²) in [7, 11) is 0. The SMILES string of the molecule is NC(=O)OCCNCC(O)COc1cc(Cl)ccc1Cl. The number of benzene rings is 1. The summed E-state index contributed by atoms with van der Waals surface area (Å²) in [5.74, 6) is 0.412. The third-order valence-electron chi connectivity index (χ3n) is 2.23. The first-order chi connectivity index (χ1) is 9.49. The molecule has 0 aromatic heterocycles. The van der Waals surface area contributed by atoms with Crippen molar-refractivity contribution < 1.29 is 19.4 Å². The van der Waals surface area contributed by atoms with E-state index in [0.29, 0.717) is 22.3 Å². The molecule has 112 valence electrons. The fraction of sp³-hybridized carbons (Fsp3) is 0.417. The number of nitrogens with two attached hydrogens (primary N) is 1. The Labute approximate surface area is 126 Å². The lowest BCUT2D eigenvalue weighted by Crippen LogP contribution is -2.34. The van der Waals surface area contributed by atoms with E-state index in [-0.39, 0.29) is 19.8 Å². The van der Waals surface area contributed by atoms with E-state index in [4.69, 9.17) is 33.7 Å². The molecule has 4 N–H and O–H groups in total. The normalized spacial score (nSPS) is 11.9. The summed E-state index contributed by atoms with van der Waals surface area (Å²) in [6, 6.07) is 4.84. The number of aliphatic hydroxyl groups excluding tert-OH is 1. The Morgan fingerprint density at radius 3 is 2.90 bits per heavy atom. The molecule has 1 atom stereocenters. The topological polar surface area (TPSA) is 93.8 Å². The Hall–Kier alpha value is -1.21. The summed E-state index contributed by atoms with van der Waals surface area (Å²) in [4.78, 5) is 10.3. The van der Waals surface area contributed by atoms with Crippen molar-refractivity contribution in [3.63, 3.8) is 0 Å². The molecular formula is C12H16Cl2N2O4. The predicted octanol–water partition coefficient (Wildman–Crippen LogP) is 1.42. The highest BCUT2D eigenvalue weighted by Crippen LogP contribution is 2.27. The summed E-state index contributed by atoms with van der Waals surface area (Å²) in [6.45, 7) is 0.866. The van der Waals surface area contributed by atoms with Crippen LogP contribution in [0.2, 0.25) is 10.0 Å². The zero-order valence-corrected chi connectivity index (χ0v) is 12.2. The highest BCUT2D eigenvalue weighted by Gasteiger charge is 2.08. The van der Waals surface area contributed by atoms with E-state index < -0.39 is 12.2 Å². The molecule has 0 radical (unpaired) electrons. The summed E-state index contributed by atoms with van der Waals surface area (Å²) >= 11 is 11.7. The standard InChI is InChI=1S/C12H16Cl2N2O4/c13-8-1-2-10(14)11(5-8)20-7-9(17)6-16-3-4-19-12(15)18/h1-2,5,9,16-17H,3-4,6-7H2,(H2,15,18). The van der Waals surface area contributed by atoms with E-state index in [1.165, 1.54) is 0 Å². The van der Waals surface area contributed by atoms with Crippen molar-refractivity contribution in [3.05, 3.63) is 28.2 Å². The molecule has 0 aliphatic rings. The number of nitrogens with one attached hydrogen (secondary N) is 1. The highest BCUT2D eigenvalue weighted by atomic mass is 35.5. The van der Waals surface area contributed by atoms with Gasteiger partial charge in [0.1, 0.15) is 25.1 Å². The van der Waals surface area contributed by atoms with Crippen molar-refractivity contribution in [3.8, 4) is 5.75 Å². The van der Waals surface area contributed by atoms with Crippen molar-refractivity contribution in [2.24, 2.45) is 5.73 Å². The van der Waals surface area contributed by atoms with Gasteiger partial charge in [-0.3, -0.25) is 0 Å². The number of aliphatic hydroxyl groups is 1. The van der Waals surface area contributed by atoms with Crippen molar-refractivity contribution in [1.82, 2.24) is 5.32 Å². The van der Waals surface area contributed by atoms with Gasteiger partial charge in [0.05, 0.1) is 5.02 Å². The lowest BCUT2D eigenvalue weighted by atomic mass is 10.3. The van der Waals surface area contributed by atoms with E-state index in [0.717, 1.165) is 0 Å². The quantitative estimate of drug-likeness (QED) is 0.629. The van der Waals surface area contributed by atoms with Crippen molar-refractivity contribution in [2.45, 2.75) is 6.10 Å². The number of rotatable bonds is 8. The summed E-state index contributed by atoms with van der Waals surface area (Å²) in [5.41, 5.74) is 4.79. The maximum atomic E-state index is 10.3. The van der Waals surface area contributed by atoms with E-state index >= 15 is 0 Å². The molecule has 1 rings (SSSR count). The zero-order valence-electron chi connectivity index (χ0n) is 10.6. The van der Waals surface area contributed by atoms with E-state index in [1.807, 2.05) is 0 Å². The minimum Gasteiger partial charge on any atom is -0.489 e. The van der Waals surface area contributed by atoms with Gasteiger partial charge in [-0.25, -0.2) is 4.79 Å². The van der Waals surface area contributed by atoms with Gasteiger partial charge in [-0.15, -0.1) is 0 Å². The Balaban J connectivity index is 2.21. The highest BCUT2D eigenvalue weighted by molar-refractivity contribution is 6.34. The summed E-state index contributed by atoms with van der Waals surface area (Å²) in [5, 5.41) is 13.5. The molecule has 6 nitrogen and oxygen atoms in total. The molecule has 0 aliphatic heterocycles. The molecule has 0 saturated heterocycles. The van der Waals surface area contributed by atoms with Gasteiger partial charge in [-0.1, -0.05) is 23.2 Å². The Morgan fingerprint density at radius 1 is 1.45 bits per heavy atom. The monoisotopic (exact) mass is 322 g/mol. The molecule has 0 fully saturated rings. The molecule has 1 aromatic rings. The van der Waals surface area contributed by atoms with Crippen LogP contribution < -0.4 is 15.8 Å². The molecule has 8 heteroatoms. The van der Waals surface area contributed by atoms with Crippen LogP contribution in [0.1, 0.15) is 0 Å². The van der Waals surface area contributed by atoms with Gasteiger partial charge in [0.15, 0.2) is 0 Å². The molecule has 0 spiro atoms. The minimum atomic E-state index is -0.828. The average molecular weight is 323 g/mol. The average Bonchev–Trinajstić information content (AvgIpc) is 2.39. The third kappa shape index (κ3) is 6.81. The second kappa shape index (κ2) is 8.86. The smallest absolute Gasteiger partial charge is 0.404 e. The molecule has 0 heterocycles. The number of carbonyl (C=O) groups excluding carboxylic acids is 1. The molecule has 1 amide bonds. The van der Waals surface area contributed by atoms with Crippen LogP contribution in [0, 0.1) is 0 Å². The Kier molecular flexibility index (Phi) is 7.46. The fourth-order valence-corrected chi connectivity index (χ4v) is 1.66. The number of hydrogen-bond donors (Lipinski definition) is 3. The Morgan fingerprint density at radius 2 is 2.20 bits per heavy atom. The van der Waals surface area contributed by atoms with Gasteiger partial charge >= 0.3 is 6.09 Å². The maximum Gasteiger partial charge on any atom is 0.404 e. The van der Waals surface area contributed by atoms with Crippen LogP contribution in [-0.4, -0.2) is 43.6 Å². The second-order valence-electron chi connectivity index (χ2n) is 3.91. The molecule has 0 saturated carbocycles. The van der Waals surface area contributed by atoms with Crippen LogP contribution in [0.25, 0.3) is 0 Å². The first kappa shape index (κ1) is 16.8.